The first-order valence-electron chi connectivity index (χ1n) is 15.7. The number of thiazole rings is 1. The summed E-state index contributed by atoms with van der Waals surface area (Å²) in [6.45, 7) is 6.99. The van der Waals surface area contributed by atoms with E-state index < -0.39 is 0 Å². The second-order valence-corrected chi connectivity index (χ2v) is 12.2. The molecule has 42 heavy (non-hydrogen) atoms. The number of para-hydroxylation sites is 1. The van der Waals surface area contributed by atoms with Crippen LogP contribution in [0.2, 0.25) is 0 Å². The third-order valence-corrected chi connectivity index (χ3v) is 8.14. The summed E-state index contributed by atoms with van der Waals surface area (Å²) in [6.07, 6.45) is 17.4. The summed E-state index contributed by atoms with van der Waals surface area (Å²) in [7, 11) is 0. The fourth-order valence-electron chi connectivity index (χ4n) is 4.95. The number of nitrogens with zero attached hydrogens (tertiary/aromatic N) is 1. The summed E-state index contributed by atoms with van der Waals surface area (Å²) in [5.41, 5.74) is 4.43. The van der Waals surface area contributed by atoms with Crippen molar-refractivity contribution in [2.75, 3.05) is 18.5 Å². The van der Waals surface area contributed by atoms with Gasteiger partial charge in [-0.3, -0.25) is 9.59 Å². The van der Waals surface area contributed by atoms with Crippen LogP contribution in [0.15, 0.2) is 54.2 Å². The van der Waals surface area contributed by atoms with Crippen LogP contribution >= 0.6 is 11.3 Å². The number of rotatable bonds is 21. The third-order valence-electron chi connectivity index (χ3n) is 7.29. The lowest BCUT2D eigenvalue weighted by atomic mass is 10.1. The number of nitrogens with one attached hydrogen (secondary N) is 1. The van der Waals surface area contributed by atoms with Gasteiger partial charge in [-0.2, -0.15) is 4.57 Å². The number of ketones is 1. The van der Waals surface area contributed by atoms with Crippen LogP contribution in [-0.2, 0) is 11.3 Å². The molecule has 0 aliphatic heterocycles. The van der Waals surface area contributed by atoms with E-state index in [1.807, 2.05) is 24.3 Å². The van der Waals surface area contributed by atoms with Gasteiger partial charge in [0.15, 0.2) is 36.6 Å². The summed E-state index contributed by atoms with van der Waals surface area (Å²) in [5, 5.41) is 2.88. The number of carbonyl (C=O) groups excluding carboxylic acids is 2. The molecule has 3 rings (SSSR count). The van der Waals surface area contributed by atoms with Crippen molar-refractivity contribution in [3.8, 4) is 11.5 Å². The van der Waals surface area contributed by atoms with Crippen LogP contribution in [0.1, 0.15) is 112 Å². The van der Waals surface area contributed by atoms with Crippen LogP contribution < -0.4 is 19.4 Å². The number of Topliss-reactive ketones (excluding diaryl/α,β-unsaturated/α-hetero) is 1. The molecule has 0 spiro atoms. The number of hydrogen-bond acceptors (Lipinski definition) is 5. The van der Waals surface area contributed by atoms with E-state index in [9.17, 15) is 9.59 Å². The first-order chi connectivity index (χ1) is 20.5. The molecule has 0 bridgehead atoms. The fraction of sp³-hybridized carbons (Fsp3) is 0.514. The summed E-state index contributed by atoms with van der Waals surface area (Å²) in [6, 6.07) is 13.0. The minimum absolute atomic E-state index is 0.0922. The molecule has 0 unspecified atom stereocenters. The Balaban J connectivity index is 1.39. The second kappa shape index (κ2) is 19.1. The van der Waals surface area contributed by atoms with E-state index in [1.54, 1.807) is 29.5 Å². The maximum atomic E-state index is 12.6. The molecule has 0 atom stereocenters. The van der Waals surface area contributed by atoms with Gasteiger partial charge in [-0.1, -0.05) is 107 Å². The van der Waals surface area contributed by atoms with Crippen LogP contribution in [-0.4, -0.2) is 24.9 Å². The molecule has 2 aromatic carbocycles. The van der Waals surface area contributed by atoms with Crippen molar-refractivity contribution >= 4 is 28.7 Å². The van der Waals surface area contributed by atoms with Gasteiger partial charge in [0.2, 0.25) is 5.51 Å². The predicted octanol–water partition coefficient (Wildman–Crippen LogP) is 8.69. The number of anilines is 1. The average Bonchev–Trinajstić information content (AvgIpc) is 3.39. The molecule has 0 saturated carbocycles. The maximum Gasteiger partial charge on any atom is 0.262 e. The Bertz CT molecular complexity index is 1220. The number of unbranched alkanes of at least 4 members (excludes halogenated alkanes) is 11. The second-order valence-electron chi connectivity index (χ2n) is 11.1. The van der Waals surface area contributed by atoms with Crippen LogP contribution in [0.4, 0.5) is 5.69 Å². The van der Waals surface area contributed by atoms with E-state index in [2.05, 4.69) is 35.4 Å². The molecule has 0 radical (unpaired) electrons. The summed E-state index contributed by atoms with van der Waals surface area (Å²) >= 11 is 1.72. The predicted molar refractivity (Wildman–Crippen MR) is 172 cm³/mol. The Kier molecular flexibility index (Phi) is 15.1. The highest BCUT2D eigenvalue weighted by atomic mass is 32.1. The van der Waals surface area contributed by atoms with E-state index >= 15 is 0 Å². The number of hydrogen-bond donors (Lipinski definition) is 1. The highest BCUT2D eigenvalue weighted by Crippen LogP contribution is 2.32. The molecule has 0 aliphatic rings. The van der Waals surface area contributed by atoms with E-state index in [0.717, 1.165) is 24.9 Å². The molecule has 0 aliphatic carbocycles. The molecule has 7 heteroatoms. The molecule has 1 amide bonds. The summed E-state index contributed by atoms with van der Waals surface area (Å²) in [5.74, 6) is 0.470. The summed E-state index contributed by atoms with van der Waals surface area (Å²) < 4.78 is 14.0. The van der Waals surface area contributed by atoms with Crippen LogP contribution in [0, 0.1) is 6.92 Å². The zero-order valence-electron chi connectivity index (χ0n) is 25.8. The Morgan fingerprint density at radius 1 is 0.833 bits per heavy atom. The zero-order chi connectivity index (χ0) is 30.0. The van der Waals surface area contributed by atoms with Gasteiger partial charge in [0, 0.05) is 11.3 Å². The molecule has 1 aromatic heterocycles. The normalized spacial score (nSPS) is 10.9. The molecule has 1 heterocycles. The number of aryl methyl sites for hydroxylation is 1. The molecular weight excluding hydrogens is 544 g/mol. The largest absolute Gasteiger partial charge is 0.489 e. The molecule has 0 saturated heterocycles. The Hall–Kier alpha value is -3.19. The number of carbonyl (C=O) groups is 2. The molecule has 3 aromatic rings. The van der Waals surface area contributed by atoms with Crippen molar-refractivity contribution in [2.45, 2.75) is 104 Å². The Morgan fingerprint density at radius 2 is 1.48 bits per heavy atom. The first-order valence-corrected chi connectivity index (χ1v) is 16.6. The maximum absolute atomic E-state index is 12.6. The van der Waals surface area contributed by atoms with Crippen molar-refractivity contribution in [2.24, 2.45) is 0 Å². The lowest BCUT2D eigenvalue weighted by Crippen LogP contribution is -2.30. The highest BCUT2D eigenvalue weighted by Gasteiger charge is 2.16. The lowest BCUT2D eigenvalue weighted by Gasteiger charge is -2.15. The molecule has 1 N–H and O–H groups in total. The van der Waals surface area contributed by atoms with Gasteiger partial charge < -0.3 is 14.8 Å². The topological polar surface area (TPSA) is 68.5 Å². The molecule has 228 valence electrons. The number of benzene rings is 2. The Labute approximate surface area is 256 Å². The third kappa shape index (κ3) is 12.4. The van der Waals surface area contributed by atoms with Gasteiger partial charge in [-0.15, -0.1) is 0 Å². The van der Waals surface area contributed by atoms with E-state index in [4.69, 9.17) is 9.47 Å². The SMILES string of the molecule is CCCCCCCCCCCCCCOc1c(OCC(=O)Nc2ccc(C[n+]3csc(C)c3)cc2)cccc1C(C)=O. The van der Waals surface area contributed by atoms with Gasteiger partial charge in [-0.25, -0.2) is 0 Å². The van der Waals surface area contributed by atoms with Crippen molar-refractivity contribution in [1.82, 2.24) is 0 Å². The minimum Gasteiger partial charge on any atom is -0.489 e. The number of amides is 1. The zero-order valence-corrected chi connectivity index (χ0v) is 26.6. The van der Waals surface area contributed by atoms with Gasteiger partial charge in [0.05, 0.1) is 17.0 Å². The smallest absolute Gasteiger partial charge is 0.262 e. The van der Waals surface area contributed by atoms with Gasteiger partial charge >= 0.3 is 0 Å². The number of aromatic nitrogens is 1. The van der Waals surface area contributed by atoms with Crippen molar-refractivity contribution in [3.63, 3.8) is 0 Å². The lowest BCUT2D eigenvalue weighted by molar-refractivity contribution is -0.683. The summed E-state index contributed by atoms with van der Waals surface area (Å²) in [4.78, 5) is 26.2. The van der Waals surface area contributed by atoms with E-state index in [1.165, 1.54) is 76.0 Å². The van der Waals surface area contributed by atoms with Crippen molar-refractivity contribution in [1.29, 1.82) is 0 Å². The average molecular weight is 594 g/mol. The quantitative estimate of drug-likeness (QED) is 0.0762. The molecule has 0 fully saturated rings. The van der Waals surface area contributed by atoms with Gasteiger partial charge in [0.1, 0.15) is 0 Å². The van der Waals surface area contributed by atoms with Crippen LogP contribution in [0.3, 0.4) is 0 Å². The minimum atomic E-state index is -0.272. The van der Waals surface area contributed by atoms with Crippen molar-refractivity contribution in [3.05, 3.63) is 70.2 Å². The number of ether oxygens (including phenoxy) is 2. The highest BCUT2D eigenvalue weighted by molar-refractivity contribution is 7.09. The molecule has 6 nitrogen and oxygen atoms in total. The van der Waals surface area contributed by atoms with E-state index in [0.29, 0.717) is 29.4 Å². The monoisotopic (exact) mass is 593 g/mol. The standard InChI is InChI=1S/C35H48N2O4S/c1-4-5-6-7-8-9-10-11-12-13-14-15-23-40-35-32(29(3)38)17-16-18-33(35)41-26-34(39)36-31-21-19-30(20-22-31)25-37-24-28(2)42-27-37/h16-22,24,27H,4-15,23,25-26H2,1-3H3/p+1. The van der Waals surface area contributed by atoms with Crippen LogP contribution in [0.5, 0.6) is 11.5 Å². The fourth-order valence-corrected chi connectivity index (χ4v) is 5.58. The Morgan fingerprint density at radius 3 is 2.07 bits per heavy atom. The van der Waals surface area contributed by atoms with E-state index in [-0.39, 0.29) is 18.3 Å². The first kappa shape index (κ1) is 33.3. The van der Waals surface area contributed by atoms with Gasteiger partial charge in [0.25, 0.3) is 5.91 Å². The van der Waals surface area contributed by atoms with Crippen LogP contribution in [0.25, 0.3) is 0 Å². The molecular formula is C35H49N2O4S+. The van der Waals surface area contributed by atoms with Gasteiger partial charge in [-0.05, 0) is 44.5 Å². The van der Waals surface area contributed by atoms with Crippen molar-refractivity contribution < 1.29 is 23.6 Å².